The number of rotatable bonds is 4. The van der Waals surface area contributed by atoms with Crippen LogP contribution in [0.5, 0.6) is 0 Å². The average Bonchev–Trinajstić information content (AvgIpc) is 2.54. The fraction of sp³-hybridized carbons (Fsp3) is 0.118. The van der Waals surface area contributed by atoms with Gasteiger partial charge in [0.1, 0.15) is 0 Å². The number of carbonyl (C=O) groups is 1. The van der Waals surface area contributed by atoms with E-state index < -0.39 is 5.41 Å². The molecule has 0 heterocycles. The molecule has 1 unspecified atom stereocenters. The Labute approximate surface area is 128 Å². The van der Waals surface area contributed by atoms with Gasteiger partial charge in [-0.3, -0.25) is 4.79 Å². The maximum Gasteiger partial charge on any atom is 0.178 e. The van der Waals surface area contributed by atoms with Crippen molar-refractivity contribution in [1.82, 2.24) is 0 Å². The lowest BCUT2D eigenvalue weighted by atomic mass is 9.76. The molecule has 2 aromatic rings. The minimum Gasteiger partial charge on any atom is -0.293 e. The van der Waals surface area contributed by atoms with Crippen LogP contribution in [0.4, 0.5) is 0 Å². The van der Waals surface area contributed by atoms with Crippen molar-refractivity contribution in [2.24, 2.45) is 0 Å². The number of Topliss-reactive ketones (excluding diaryl/α,β-unsaturated/α-hetero) is 1. The van der Waals surface area contributed by atoms with E-state index >= 15 is 0 Å². The van der Waals surface area contributed by atoms with Gasteiger partial charge in [-0.05, 0) is 12.5 Å². The van der Waals surface area contributed by atoms with Crippen molar-refractivity contribution in [3.05, 3.63) is 82.4 Å². The van der Waals surface area contributed by atoms with Crippen LogP contribution in [-0.2, 0) is 5.41 Å². The van der Waals surface area contributed by atoms with Crippen LogP contribution in [0.15, 0.2) is 71.2 Å². The molecule has 0 bridgehead atoms. The molecule has 0 fully saturated rings. The summed E-state index contributed by atoms with van der Waals surface area (Å²) in [7, 11) is 0. The predicted octanol–water partition coefficient (Wildman–Crippen LogP) is 5.15. The lowest BCUT2D eigenvalue weighted by Gasteiger charge is -2.28. The maximum absolute atomic E-state index is 12.9. The van der Waals surface area contributed by atoms with Crippen LogP contribution in [0.1, 0.15) is 22.8 Å². The molecule has 0 saturated heterocycles. The van der Waals surface area contributed by atoms with Crippen molar-refractivity contribution in [2.45, 2.75) is 12.3 Å². The van der Waals surface area contributed by atoms with Crippen molar-refractivity contribution >= 4 is 29.0 Å². The quantitative estimate of drug-likeness (QED) is 0.714. The number of ketones is 1. The Hall–Kier alpha value is -1.57. The van der Waals surface area contributed by atoms with E-state index in [1.807, 2.05) is 48.5 Å². The molecule has 1 nitrogen and oxygen atoms in total. The first-order valence-corrected chi connectivity index (χ1v) is 7.04. The molecule has 20 heavy (non-hydrogen) atoms. The predicted molar refractivity (Wildman–Crippen MR) is 84.4 cm³/mol. The Morgan fingerprint density at radius 1 is 1.00 bits per heavy atom. The summed E-state index contributed by atoms with van der Waals surface area (Å²) in [6, 6.07) is 18.5. The smallest absolute Gasteiger partial charge is 0.178 e. The molecule has 0 aromatic heterocycles. The third kappa shape index (κ3) is 2.65. The molecule has 1 atom stereocenters. The third-order valence-corrected chi connectivity index (χ3v) is 4.23. The monoisotopic (exact) mass is 304 g/mol. The summed E-state index contributed by atoms with van der Waals surface area (Å²) in [5, 5.41) is 0.305. The summed E-state index contributed by atoms with van der Waals surface area (Å²) in [4.78, 5) is 12.9. The molecule has 3 heteroatoms. The Morgan fingerprint density at radius 3 is 2.00 bits per heavy atom. The first kappa shape index (κ1) is 14.8. The maximum atomic E-state index is 12.9. The van der Waals surface area contributed by atoms with Gasteiger partial charge in [0, 0.05) is 16.1 Å². The summed E-state index contributed by atoms with van der Waals surface area (Å²) in [6.45, 7) is 1.79. The van der Waals surface area contributed by atoms with E-state index in [-0.39, 0.29) is 5.78 Å². The Bertz CT molecular complexity index is 620. The number of carbonyl (C=O) groups excluding carboxylic acids is 1. The first-order chi connectivity index (χ1) is 9.60. The van der Waals surface area contributed by atoms with E-state index in [1.165, 1.54) is 5.54 Å². The van der Waals surface area contributed by atoms with Crippen molar-refractivity contribution in [1.29, 1.82) is 0 Å². The molecular formula is C17H14Cl2O. The Morgan fingerprint density at radius 2 is 1.50 bits per heavy atom. The van der Waals surface area contributed by atoms with E-state index in [0.29, 0.717) is 10.6 Å². The highest BCUT2D eigenvalue weighted by Crippen LogP contribution is 2.38. The normalized spacial score (nSPS) is 14.7. The zero-order valence-corrected chi connectivity index (χ0v) is 12.5. The zero-order valence-electron chi connectivity index (χ0n) is 11.0. The highest BCUT2D eigenvalue weighted by atomic mass is 35.5. The van der Waals surface area contributed by atoms with Gasteiger partial charge in [-0.2, -0.15) is 0 Å². The van der Waals surface area contributed by atoms with Gasteiger partial charge in [-0.15, -0.1) is 0 Å². The summed E-state index contributed by atoms with van der Waals surface area (Å²) in [5.41, 5.74) is 1.70. The largest absolute Gasteiger partial charge is 0.293 e. The van der Waals surface area contributed by atoms with Crippen molar-refractivity contribution in [2.75, 3.05) is 0 Å². The van der Waals surface area contributed by atoms with Crippen LogP contribution in [0, 0.1) is 0 Å². The SMILES string of the molecule is CC(C(=O)c1ccccc1)(/C(Cl)=C\Cl)c1ccccc1. The van der Waals surface area contributed by atoms with Crippen LogP contribution in [-0.4, -0.2) is 5.78 Å². The number of benzene rings is 2. The van der Waals surface area contributed by atoms with Crippen LogP contribution in [0.2, 0.25) is 0 Å². The Balaban J connectivity index is 2.57. The van der Waals surface area contributed by atoms with Crippen molar-refractivity contribution in [3.63, 3.8) is 0 Å². The summed E-state index contributed by atoms with van der Waals surface area (Å²) >= 11 is 12.0. The lowest BCUT2D eigenvalue weighted by molar-refractivity contribution is 0.0924. The fourth-order valence-corrected chi connectivity index (χ4v) is 2.55. The van der Waals surface area contributed by atoms with E-state index in [9.17, 15) is 4.79 Å². The lowest BCUT2D eigenvalue weighted by Crippen LogP contribution is -2.33. The van der Waals surface area contributed by atoms with Gasteiger partial charge < -0.3 is 0 Å². The molecule has 0 amide bonds. The standard InChI is InChI=1S/C17H14Cl2O/c1-17(15(19)12-18,14-10-6-3-7-11-14)16(20)13-8-4-2-5-9-13/h2-12H,1H3/b15-12+. The molecule has 0 spiro atoms. The molecule has 0 N–H and O–H groups in total. The van der Waals surface area contributed by atoms with E-state index in [0.717, 1.165) is 5.56 Å². The van der Waals surface area contributed by atoms with Gasteiger partial charge >= 0.3 is 0 Å². The van der Waals surface area contributed by atoms with E-state index in [1.54, 1.807) is 19.1 Å². The molecule has 0 aliphatic carbocycles. The molecule has 0 radical (unpaired) electrons. The molecule has 2 aromatic carbocycles. The van der Waals surface area contributed by atoms with Crippen LogP contribution >= 0.6 is 23.2 Å². The summed E-state index contributed by atoms with van der Waals surface area (Å²) in [6.07, 6.45) is 0. The molecule has 0 aliphatic heterocycles. The van der Waals surface area contributed by atoms with Gasteiger partial charge in [0.25, 0.3) is 0 Å². The van der Waals surface area contributed by atoms with Gasteiger partial charge in [0.2, 0.25) is 0 Å². The van der Waals surface area contributed by atoms with Crippen molar-refractivity contribution < 1.29 is 4.79 Å². The minimum absolute atomic E-state index is 0.0776. The number of hydrogen-bond donors (Lipinski definition) is 0. The highest BCUT2D eigenvalue weighted by molar-refractivity contribution is 6.39. The molecule has 2 rings (SSSR count). The molecular weight excluding hydrogens is 291 g/mol. The topological polar surface area (TPSA) is 17.1 Å². The van der Waals surface area contributed by atoms with Crippen LogP contribution in [0.3, 0.4) is 0 Å². The second kappa shape index (κ2) is 6.25. The number of halogens is 2. The van der Waals surface area contributed by atoms with Gasteiger partial charge in [0.05, 0.1) is 5.41 Å². The first-order valence-electron chi connectivity index (χ1n) is 6.22. The third-order valence-electron chi connectivity index (χ3n) is 3.41. The molecule has 0 aliphatic rings. The minimum atomic E-state index is -0.980. The van der Waals surface area contributed by atoms with Gasteiger partial charge in [-0.25, -0.2) is 0 Å². The molecule has 102 valence electrons. The summed E-state index contributed by atoms with van der Waals surface area (Å²) < 4.78 is 0. The average molecular weight is 305 g/mol. The van der Waals surface area contributed by atoms with Crippen LogP contribution in [0.25, 0.3) is 0 Å². The van der Waals surface area contributed by atoms with E-state index in [4.69, 9.17) is 23.2 Å². The van der Waals surface area contributed by atoms with Crippen molar-refractivity contribution in [3.8, 4) is 0 Å². The van der Waals surface area contributed by atoms with Gasteiger partial charge in [0.15, 0.2) is 5.78 Å². The zero-order chi connectivity index (χ0) is 14.6. The van der Waals surface area contributed by atoms with Crippen LogP contribution < -0.4 is 0 Å². The summed E-state index contributed by atoms with van der Waals surface area (Å²) in [5.74, 6) is -0.0776. The second-order valence-corrected chi connectivity index (χ2v) is 5.27. The number of allylic oxidation sites excluding steroid dienone is 1. The van der Waals surface area contributed by atoms with E-state index in [2.05, 4.69) is 0 Å². The Kier molecular flexibility index (Phi) is 4.64. The molecule has 0 saturated carbocycles. The van der Waals surface area contributed by atoms with Gasteiger partial charge in [-0.1, -0.05) is 83.9 Å². The number of hydrogen-bond acceptors (Lipinski definition) is 1. The highest BCUT2D eigenvalue weighted by Gasteiger charge is 2.38. The fourth-order valence-electron chi connectivity index (χ4n) is 2.14. The second-order valence-electron chi connectivity index (χ2n) is 4.64.